The van der Waals surface area contributed by atoms with E-state index in [4.69, 9.17) is 0 Å². The Hall–Kier alpha value is -0.260. The Morgan fingerprint density at radius 3 is 0.933 bits per heavy atom. The van der Waals surface area contributed by atoms with Gasteiger partial charge in [0.2, 0.25) is 0 Å². The van der Waals surface area contributed by atoms with Crippen molar-refractivity contribution in [2.75, 3.05) is 0 Å². The van der Waals surface area contributed by atoms with Gasteiger partial charge in [-0.1, -0.05) is 167 Å². The molecule has 30 heavy (non-hydrogen) atoms. The summed E-state index contributed by atoms with van der Waals surface area (Å²) in [6.45, 7) is 6.21. The molecule has 0 aliphatic heterocycles. The minimum Gasteiger partial charge on any atom is -0.0885 e. The second-order valence-corrected chi connectivity index (χ2v) is 9.68. The van der Waals surface area contributed by atoms with Gasteiger partial charge in [0.15, 0.2) is 0 Å². The topological polar surface area (TPSA) is 0 Å². The summed E-state index contributed by atoms with van der Waals surface area (Å²) in [4.78, 5) is 0. The lowest BCUT2D eigenvalue weighted by molar-refractivity contribution is 0.524. The molecule has 0 rings (SSSR count). The zero-order valence-electron chi connectivity index (χ0n) is 21.2. The smallest absolute Gasteiger partial charge is 0.0351 e. The first kappa shape index (κ1) is 29.7. The zero-order valence-corrected chi connectivity index (χ0v) is 21.2. The molecule has 0 nitrogen and oxygen atoms in total. The Bertz CT molecular complexity index is 303. The molecule has 0 saturated heterocycles. The van der Waals surface area contributed by atoms with Crippen molar-refractivity contribution in [3.05, 3.63) is 19.1 Å². The molecule has 0 atom stereocenters. The highest BCUT2D eigenvalue weighted by molar-refractivity contribution is 4.81. The van der Waals surface area contributed by atoms with Crippen LogP contribution in [0.1, 0.15) is 174 Å². The van der Waals surface area contributed by atoms with Gasteiger partial charge in [-0.05, 0) is 25.7 Å². The Morgan fingerprint density at radius 2 is 0.633 bits per heavy atom. The van der Waals surface area contributed by atoms with Gasteiger partial charge >= 0.3 is 0 Å². The van der Waals surface area contributed by atoms with Crippen LogP contribution in [0, 0.1) is 6.92 Å². The molecule has 0 aliphatic carbocycles. The van der Waals surface area contributed by atoms with E-state index in [1.165, 1.54) is 161 Å². The maximum absolute atomic E-state index is 3.92. The first-order valence-corrected chi connectivity index (χ1v) is 14.4. The average molecular weight is 420 g/mol. The standard InChI is InChI=1S/C30H59/c1-3-5-7-9-11-13-15-17-19-21-23-25-27-29-30-28-26-24-22-20-18-16-14-12-10-8-6-4-2/h16,18H,1,3-15,17,19-30H2,2H3/b18-16+. The van der Waals surface area contributed by atoms with Gasteiger partial charge in [0.1, 0.15) is 0 Å². The van der Waals surface area contributed by atoms with Crippen LogP contribution in [0.15, 0.2) is 12.2 Å². The summed E-state index contributed by atoms with van der Waals surface area (Å²) in [5, 5.41) is 0. The van der Waals surface area contributed by atoms with E-state index in [9.17, 15) is 0 Å². The van der Waals surface area contributed by atoms with Crippen LogP contribution in [0.4, 0.5) is 0 Å². The average Bonchev–Trinajstić information content (AvgIpc) is 2.76. The van der Waals surface area contributed by atoms with E-state index in [-0.39, 0.29) is 0 Å². The Morgan fingerprint density at radius 1 is 0.367 bits per heavy atom. The van der Waals surface area contributed by atoms with Crippen LogP contribution in [0.25, 0.3) is 0 Å². The van der Waals surface area contributed by atoms with E-state index in [0.717, 1.165) is 6.42 Å². The van der Waals surface area contributed by atoms with Gasteiger partial charge in [-0.3, -0.25) is 0 Å². The van der Waals surface area contributed by atoms with Gasteiger partial charge in [-0.15, -0.1) is 0 Å². The van der Waals surface area contributed by atoms with Gasteiger partial charge in [0.05, 0.1) is 0 Å². The van der Waals surface area contributed by atoms with Crippen LogP contribution in [-0.2, 0) is 0 Å². The van der Waals surface area contributed by atoms with Crippen molar-refractivity contribution in [1.82, 2.24) is 0 Å². The molecule has 0 saturated carbocycles. The number of rotatable bonds is 26. The summed E-state index contributed by atoms with van der Waals surface area (Å²) < 4.78 is 0. The van der Waals surface area contributed by atoms with Gasteiger partial charge in [-0.2, -0.15) is 0 Å². The molecule has 0 unspecified atom stereocenters. The predicted octanol–water partition coefficient (Wildman–Crippen LogP) is 11.5. The molecule has 0 aromatic carbocycles. The first-order chi connectivity index (χ1) is 14.9. The molecule has 179 valence electrons. The Kier molecular flexibility index (Phi) is 28.5. The Balaban J connectivity index is 3.03. The molecular formula is C30H59. The van der Waals surface area contributed by atoms with Gasteiger partial charge < -0.3 is 0 Å². The third-order valence-electron chi connectivity index (χ3n) is 6.51. The van der Waals surface area contributed by atoms with Crippen molar-refractivity contribution >= 4 is 0 Å². The minimum absolute atomic E-state index is 1.12. The summed E-state index contributed by atoms with van der Waals surface area (Å²) >= 11 is 0. The van der Waals surface area contributed by atoms with Crippen LogP contribution in [-0.4, -0.2) is 0 Å². The maximum Gasteiger partial charge on any atom is -0.0351 e. The number of unbranched alkanes of at least 4 members (excludes halogenated alkanes) is 24. The molecule has 0 aromatic heterocycles. The summed E-state index contributed by atoms with van der Waals surface area (Å²) in [5.41, 5.74) is 0. The lowest BCUT2D eigenvalue weighted by Crippen LogP contribution is -1.84. The summed E-state index contributed by atoms with van der Waals surface area (Å²) in [6, 6.07) is 0. The van der Waals surface area contributed by atoms with Gasteiger partial charge in [0, 0.05) is 0 Å². The van der Waals surface area contributed by atoms with Crippen molar-refractivity contribution < 1.29 is 0 Å². The van der Waals surface area contributed by atoms with Crippen molar-refractivity contribution in [3.8, 4) is 0 Å². The fourth-order valence-electron chi connectivity index (χ4n) is 4.37. The van der Waals surface area contributed by atoms with Crippen molar-refractivity contribution in [1.29, 1.82) is 0 Å². The third kappa shape index (κ3) is 27.7. The van der Waals surface area contributed by atoms with Crippen LogP contribution in [0.5, 0.6) is 0 Å². The van der Waals surface area contributed by atoms with E-state index >= 15 is 0 Å². The van der Waals surface area contributed by atoms with Gasteiger partial charge in [-0.25, -0.2) is 0 Å². The SMILES string of the molecule is [CH2]CCCCCCCCCCCCCCCCCCCC/C=C/CCCCCCC. The van der Waals surface area contributed by atoms with Crippen LogP contribution < -0.4 is 0 Å². The van der Waals surface area contributed by atoms with Crippen LogP contribution in [0.2, 0.25) is 0 Å². The molecule has 0 bridgehead atoms. The molecule has 0 heteroatoms. The first-order valence-electron chi connectivity index (χ1n) is 14.4. The van der Waals surface area contributed by atoms with E-state index in [1.54, 1.807) is 0 Å². The highest BCUT2D eigenvalue weighted by Crippen LogP contribution is 2.15. The highest BCUT2D eigenvalue weighted by atomic mass is 14.0. The molecule has 0 aromatic rings. The van der Waals surface area contributed by atoms with Gasteiger partial charge in [0.25, 0.3) is 0 Å². The maximum atomic E-state index is 3.92. The molecule has 0 spiro atoms. The largest absolute Gasteiger partial charge is 0.0885 e. The van der Waals surface area contributed by atoms with Crippen molar-refractivity contribution in [2.24, 2.45) is 0 Å². The summed E-state index contributed by atoms with van der Waals surface area (Å²) in [5.74, 6) is 0. The van der Waals surface area contributed by atoms with E-state index in [2.05, 4.69) is 26.0 Å². The second kappa shape index (κ2) is 28.7. The summed E-state index contributed by atoms with van der Waals surface area (Å²) in [6.07, 6.45) is 41.8. The molecule has 0 N–H and O–H groups in total. The molecule has 0 aliphatic rings. The lowest BCUT2D eigenvalue weighted by Gasteiger charge is -2.03. The Labute approximate surface area is 193 Å². The molecule has 0 fully saturated rings. The fourth-order valence-corrected chi connectivity index (χ4v) is 4.37. The number of hydrogen-bond donors (Lipinski definition) is 0. The number of allylic oxidation sites excluding steroid dienone is 2. The molecular weight excluding hydrogens is 360 g/mol. The molecule has 1 radical (unpaired) electrons. The third-order valence-corrected chi connectivity index (χ3v) is 6.51. The van der Waals surface area contributed by atoms with Crippen LogP contribution >= 0.6 is 0 Å². The van der Waals surface area contributed by atoms with E-state index in [0.29, 0.717) is 0 Å². The monoisotopic (exact) mass is 419 g/mol. The zero-order chi connectivity index (χ0) is 21.8. The fraction of sp³-hybridized carbons (Fsp3) is 0.900. The van der Waals surface area contributed by atoms with Crippen molar-refractivity contribution in [3.63, 3.8) is 0 Å². The predicted molar refractivity (Wildman–Crippen MR) is 140 cm³/mol. The molecule has 0 amide bonds. The minimum atomic E-state index is 1.12. The number of hydrogen-bond acceptors (Lipinski definition) is 0. The van der Waals surface area contributed by atoms with E-state index in [1.807, 2.05) is 0 Å². The molecule has 0 heterocycles. The van der Waals surface area contributed by atoms with Crippen LogP contribution in [0.3, 0.4) is 0 Å². The summed E-state index contributed by atoms with van der Waals surface area (Å²) in [7, 11) is 0. The highest BCUT2D eigenvalue weighted by Gasteiger charge is 1.95. The second-order valence-electron chi connectivity index (χ2n) is 9.68. The van der Waals surface area contributed by atoms with Crippen molar-refractivity contribution in [2.45, 2.75) is 174 Å². The lowest BCUT2D eigenvalue weighted by atomic mass is 10.0. The van der Waals surface area contributed by atoms with E-state index < -0.39 is 0 Å². The normalized spacial score (nSPS) is 11.7. The quantitative estimate of drug-likeness (QED) is 0.0965.